The zero-order chi connectivity index (χ0) is 22.6. The second-order valence-corrected chi connectivity index (χ2v) is 8.68. The number of H-pyrrole nitrogens is 1. The summed E-state index contributed by atoms with van der Waals surface area (Å²) in [6.45, 7) is 3.60. The van der Waals surface area contributed by atoms with E-state index in [0.717, 1.165) is 40.9 Å². The lowest BCUT2D eigenvalue weighted by Gasteiger charge is -2.44. The highest BCUT2D eigenvalue weighted by Crippen LogP contribution is 2.45. The molecule has 0 radical (unpaired) electrons. The van der Waals surface area contributed by atoms with Gasteiger partial charge in [0.2, 0.25) is 5.91 Å². The third-order valence-electron chi connectivity index (χ3n) is 6.84. The van der Waals surface area contributed by atoms with Gasteiger partial charge in [0.1, 0.15) is 5.75 Å². The van der Waals surface area contributed by atoms with Gasteiger partial charge in [-0.3, -0.25) is 9.69 Å². The summed E-state index contributed by atoms with van der Waals surface area (Å²) < 4.78 is 46.2. The van der Waals surface area contributed by atoms with Crippen LogP contribution in [0.1, 0.15) is 30.2 Å². The van der Waals surface area contributed by atoms with Gasteiger partial charge >= 0.3 is 0 Å². The molecule has 1 amide bonds. The summed E-state index contributed by atoms with van der Waals surface area (Å²) in [6, 6.07) is 7.97. The molecule has 1 N–H and O–H groups in total. The Bertz CT molecular complexity index is 1200. The predicted octanol–water partition coefficient (Wildman–Crippen LogP) is 4.10. The van der Waals surface area contributed by atoms with Gasteiger partial charge in [-0.25, -0.2) is 13.2 Å². The molecule has 1 aromatic heterocycles. The first-order chi connectivity index (χ1) is 15.3. The lowest BCUT2D eigenvalue weighted by atomic mass is 9.84. The van der Waals surface area contributed by atoms with Crippen LogP contribution in [0.3, 0.4) is 0 Å². The van der Waals surface area contributed by atoms with Crippen LogP contribution in [-0.2, 0) is 23.3 Å². The number of hydrogen-bond acceptors (Lipinski definition) is 3. The highest BCUT2D eigenvalue weighted by atomic mass is 19.2. The summed E-state index contributed by atoms with van der Waals surface area (Å²) in [7, 11) is 1.63. The van der Waals surface area contributed by atoms with Crippen molar-refractivity contribution in [2.24, 2.45) is 0 Å². The van der Waals surface area contributed by atoms with E-state index in [2.05, 4.69) is 9.88 Å². The van der Waals surface area contributed by atoms with Crippen molar-refractivity contribution in [2.75, 3.05) is 26.7 Å². The predicted molar refractivity (Wildman–Crippen MR) is 114 cm³/mol. The van der Waals surface area contributed by atoms with Crippen molar-refractivity contribution >= 4 is 16.8 Å². The minimum atomic E-state index is -1.46. The number of amides is 1. The molecular weight excluding hydrogens is 419 g/mol. The average molecular weight is 443 g/mol. The fourth-order valence-electron chi connectivity index (χ4n) is 5.43. The summed E-state index contributed by atoms with van der Waals surface area (Å²) in [6.07, 6.45) is 1.42. The molecule has 2 aliphatic heterocycles. The topological polar surface area (TPSA) is 48.6 Å². The SMILES string of the molecule is COc1ccc2[nH]c3c(c2c1)CCN(C(C)=O)C31CCN(Cc2cc(F)c(F)c(F)c2)C1. The van der Waals surface area contributed by atoms with Crippen LogP contribution in [0.2, 0.25) is 0 Å². The highest BCUT2D eigenvalue weighted by molar-refractivity contribution is 5.87. The maximum absolute atomic E-state index is 13.7. The first-order valence-electron chi connectivity index (χ1n) is 10.7. The normalized spacial score (nSPS) is 20.8. The minimum Gasteiger partial charge on any atom is -0.497 e. The number of methoxy groups -OCH3 is 1. The highest BCUT2D eigenvalue weighted by Gasteiger charge is 2.50. The Morgan fingerprint density at radius 1 is 1.16 bits per heavy atom. The van der Waals surface area contributed by atoms with Gasteiger partial charge in [-0.1, -0.05) is 0 Å². The van der Waals surface area contributed by atoms with Gasteiger partial charge in [0.25, 0.3) is 0 Å². The maximum atomic E-state index is 13.7. The van der Waals surface area contributed by atoms with Crippen LogP contribution < -0.4 is 4.74 Å². The number of ether oxygens (including phenoxy) is 1. The summed E-state index contributed by atoms with van der Waals surface area (Å²) in [5, 5.41) is 1.09. The number of carbonyl (C=O) groups is 1. The average Bonchev–Trinajstić information content (AvgIpc) is 3.34. The van der Waals surface area contributed by atoms with Crippen LogP contribution in [0.5, 0.6) is 5.75 Å². The summed E-state index contributed by atoms with van der Waals surface area (Å²) in [5.41, 5.74) is 2.99. The number of hydrogen-bond donors (Lipinski definition) is 1. The second kappa shape index (κ2) is 7.55. The Labute approximate surface area is 183 Å². The molecule has 0 aliphatic carbocycles. The molecule has 8 heteroatoms. The van der Waals surface area contributed by atoms with E-state index in [1.54, 1.807) is 14.0 Å². The molecule has 2 aliphatic rings. The number of nitrogens with one attached hydrogen (secondary N) is 1. The molecule has 5 rings (SSSR count). The molecule has 5 nitrogen and oxygen atoms in total. The zero-order valence-corrected chi connectivity index (χ0v) is 18.0. The van der Waals surface area contributed by atoms with E-state index in [-0.39, 0.29) is 12.5 Å². The van der Waals surface area contributed by atoms with E-state index < -0.39 is 23.0 Å². The zero-order valence-electron chi connectivity index (χ0n) is 18.0. The molecule has 168 valence electrons. The molecule has 1 unspecified atom stereocenters. The van der Waals surface area contributed by atoms with Crippen LogP contribution >= 0.6 is 0 Å². The molecule has 32 heavy (non-hydrogen) atoms. The number of nitrogens with zero attached hydrogens (tertiary/aromatic N) is 2. The molecule has 3 heterocycles. The lowest BCUT2D eigenvalue weighted by Crippen LogP contribution is -2.54. The van der Waals surface area contributed by atoms with E-state index in [4.69, 9.17) is 4.74 Å². The van der Waals surface area contributed by atoms with Crippen LogP contribution in [0.25, 0.3) is 10.9 Å². The number of fused-ring (bicyclic) bond motifs is 4. The largest absolute Gasteiger partial charge is 0.497 e. The summed E-state index contributed by atoms with van der Waals surface area (Å²) in [5.74, 6) is -3.07. The minimum absolute atomic E-state index is 0.00684. The second-order valence-electron chi connectivity index (χ2n) is 8.68. The van der Waals surface area contributed by atoms with Crippen molar-refractivity contribution in [1.29, 1.82) is 0 Å². The van der Waals surface area contributed by atoms with Gasteiger partial charge in [0.15, 0.2) is 17.5 Å². The van der Waals surface area contributed by atoms with Crippen LogP contribution in [-0.4, -0.2) is 47.4 Å². The van der Waals surface area contributed by atoms with Crippen molar-refractivity contribution in [3.8, 4) is 5.75 Å². The molecule has 2 aromatic carbocycles. The van der Waals surface area contributed by atoms with Gasteiger partial charge < -0.3 is 14.6 Å². The Morgan fingerprint density at radius 2 is 1.91 bits per heavy atom. The van der Waals surface area contributed by atoms with Crippen molar-refractivity contribution in [1.82, 2.24) is 14.8 Å². The number of aromatic amines is 1. The molecule has 1 fully saturated rings. The fourth-order valence-corrected chi connectivity index (χ4v) is 5.43. The van der Waals surface area contributed by atoms with Gasteiger partial charge in [-0.05, 0) is 54.3 Å². The van der Waals surface area contributed by atoms with Crippen molar-refractivity contribution in [3.05, 3.63) is 64.6 Å². The third kappa shape index (κ3) is 3.16. The molecule has 1 saturated heterocycles. The number of rotatable bonds is 3. The quantitative estimate of drug-likeness (QED) is 0.620. The fraction of sp³-hybridized carbons (Fsp3) is 0.375. The van der Waals surface area contributed by atoms with Gasteiger partial charge in [0, 0.05) is 49.7 Å². The lowest BCUT2D eigenvalue weighted by molar-refractivity contribution is -0.136. The van der Waals surface area contributed by atoms with E-state index in [1.165, 1.54) is 5.56 Å². The monoisotopic (exact) mass is 443 g/mol. The van der Waals surface area contributed by atoms with Crippen LogP contribution in [0.15, 0.2) is 30.3 Å². The Hall–Kier alpha value is -3.00. The van der Waals surface area contributed by atoms with Crippen molar-refractivity contribution in [2.45, 2.75) is 31.8 Å². The number of aromatic nitrogens is 1. The van der Waals surface area contributed by atoms with Crippen molar-refractivity contribution in [3.63, 3.8) is 0 Å². The molecule has 3 aromatic rings. The number of benzene rings is 2. The van der Waals surface area contributed by atoms with Gasteiger partial charge in [-0.15, -0.1) is 0 Å². The molecule has 1 spiro atoms. The molecule has 1 atom stereocenters. The number of carbonyl (C=O) groups excluding carboxylic acids is 1. The van der Waals surface area contributed by atoms with Crippen molar-refractivity contribution < 1.29 is 22.7 Å². The van der Waals surface area contributed by atoms with E-state index in [0.29, 0.717) is 31.6 Å². The summed E-state index contributed by atoms with van der Waals surface area (Å²) >= 11 is 0. The first kappa shape index (κ1) is 20.9. The third-order valence-corrected chi connectivity index (χ3v) is 6.84. The van der Waals surface area contributed by atoms with E-state index in [1.807, 2.05) is 23.1 Å². The van der Waals surface area contributed by atoms with Crippen LogP contribution in [0.4, 0.5) is 13.2 Å². The number of halogens is 3. The first-order valence-corrected chi connectivity index (χ1v) is 10.7. The van der Waals surface area contributed by atoms with E-state index in [9.17, 15) is 18.0 Å². The Morgan fingerprint density at radius 3 is 2.59 bits per heavy atom. The molecule has 0 saturated carbocycles. The smallest absolute Gasteiger partial charge is 0.220 e. The maximum Gasteiger partial charge on any atom is 0.220 e. The van der Waals surface area contributed by atoms with Gasteiger partial charge in [-0.2, -0.15) is 0 Å². The Balaban J connectivity index is 1.53. The standard InChI is InChI=1S/C24H24F3N3O2/c1-14(31)30-7-5-17-18-11-16(32-2)3-4-21(18)28-23(17)24(30)6-8-29(13-24)12-15-9-19(25)22(27)20(26)10-15/h3-4,9-11,28H,5-8,12-13H2,1-2H3. The van der Waals surface area contributed by atoms with E-state index >= 15 is 0 Å². The number of likely N-dealkylation sites (tertiary alicyclic amines) is 1. The molecular formula is C24H24F3N3O2. The van der Waals surface area contributed by atoms with Gasteiger partial charge in [0.05, 0.1) is 12.6 Å². The summed E-state index contributed by atoms with van der Waals surface area (Å²) in [4.78, 5) is 20.1. The van der Waals surface area contributed by atoms with Crippen LogP contribution in [0, 0.1) is 17.5 Å². The molecule has 0 bridgehead atoms. The Kier molecular flexibility index (Phi) is 4.93.